The van der Waals surface area contributed by atoms with E-state index in [1.807, 2.05) is 0 Å². The smallest absolute Gasteiger partial charge is 0.136 e. The number of Topliss-reactive ketones (excluding diaryl/α,β-unsaturated/α-hetero) is 1. The quantitative estimate of drug-likeness (QED) is 0.624. The summed E-state index contributed by atoms with van der Waals surface area (Å²) in [5.74, 6) is 0.940. The first-order valence-corrected chi connectivity index (χ1v) is 8.79. The van der Waals surface area contributed by atoms with Crippen LogP contribution in [0.2, 0.25) is 0 Å². The second kappa shape index (κ2) is 3.84. The molecular formula is C20H24O2. The average molecular weight is 296 g/mol. The summed E-state index contributed by atoms with van der Waals surface area (Å²) < 4.78 is 6.89. The first-order chi connectivity index (χ1) is 10.5. The van der Waals surface area contributed by atoms with Crippen LogP contribution in [-0.4, -0.2) is 17.0 Å². The Morgan fingerprint density at radius 1 is 1.23 bits per heavy atom. The van der Waals surface area contributed by atoms with Gasteiger partial charge >= 0.3 is 0 Å². The summed E-state index contributed by atoms with van der Waals surface area (Å²) >= 11 is 0. The number of rotatable bonds is 0. The van der Waals surface area contributed by atoms with Gasteiger partial charge < -0.3 is 4.74 Å². The van der Waals surface area contributed by atoms with Gasteiger partial charge in [-0.2, -0.15) is 0 Å². The van der Waals surface area contributed by atoms with E-state index >= 15 is 0 Å². The monoisotopic (exact) mass is 296 g/mol. The first-order valence-electron chi connectivity index (χ1n) is 8.79. The van der Waals surface area contributed by atoms with E-state index in [9.17, 15) is 4.79 Å². The van der Waals surface area contributed by atoms with E-state index < -0.39 is 0 Å². The molecule has 2 aliphatic heterocycles. The van der Waals surface area contributed by atoms with Crippen LogP contribution in [0.25, 0.3) is 0 Å². The Bertz CT molecular complexity index is 682. The molecule has 2 fully saturated rings. The Morgan fingerprint density at radius 2 is 2.09 bits per heavy atom. The van der Waals surface area contributed by atoms with Crippen LogP contribution in [0.5, 0.6) is 0 Å². The molecule has 5 rings (SSSR count). The normalized spacial score (nSPS) is 48.9. The second-order valence-electron chi connectivity index (χ2n) is 8.33. The predicted octanol–water partition coefficient (Wildman–Crippen LogP) is 4.27. The third-order valence-corrected chi connectivity index (χ3v) is 7.48. The summed E-state index contributed by atoms with van der Waals surface area (Å²) in [6.45, 7) is 4.70. The van der Waals surface area contributed by atoms with Crippen LogP contribution >= 0.6 is 0 Å². The van der Waals surface area contributed by atoms with E-state index in [4.69, 9.17) is 4.74 Å². The number of hydrogen-bond acceptors (Lipinski definition) is 2. The van der Waals surface area contributed by atoms with Crippen molar-refractivity contribution in [2.75, 3.05) is 0 Å². The Kier molecular flexibility index (Phi) is 2.32. The van der Waals surface area contributed by atoms with Gasteiger partial charge in [0, 0.05) is 18.8 Å². The third-order valence-electron chi connectivity index (χ3n) is 7.48. The Morgan fingerprint density at radius 3 is 2.95 bits per heavy atom. The Balaban J connectivity index is 1.66. The second-order valence-corrected chi connectivity index (χ2v) is 8.33. The van der Waals surface area contributed by atoms with E-state index in [-0.39, 0.29) is 16.6 Å². The van der Waals surface area contributed by atoms with E-state index in [0.717, 1.165) is 32.1 Å². The third kappa shape index (κ3) is 1.34. The fourth-order valence-corrected chi connectivity index (χ4v) is 6.00. The van der Waals surface area contributed by atoms with Crippen LogP contribution in [0.15, 0.2) is 34.9 Å². The summed E-state index contributed by atoms with van der Waals surface area (Å²) in [7, 11) is 0. The lowest BCUT2D eigenvalue weighted by Gasteiger charge is -2.53. The fraction of sp³-hybridized carbons (Fsp3) is 0.650. The molecule has 116 valence electrons. The highest BCUT2D eigenvalue weighted by molar-refractivity contribution is 5.82. The Hall–Kier alpha value is -1.15. The zero-order valence-electron chi connectivity index (χ0n) is 13.6. The summed E-state index contributed by atoms with van der Waals surface area (Å²) in [5.41, 5.74) is 4.23. The van der Waals surface area contributed by atoms with E-state index in [1.54, 1.807) is 0 Å². The van der Waals surface area contributed by atoms with Crippen molar-refractivity contribution in [1.29, 1.82) is 0 Å². The van der Waals surface area contributed by atoms with Gasteiger partial charge in [0.2, 0.25) is 0 Å². The number of allylic oxidation sites excluding steroid dienone is 3. The minimum atomic E-state index is -0.249. The first kappa shape index (κ1) is 13.3. The maximum Gasteiger partial charge on any atom is 0.136 e. The van der Waals surface area contributed by atoms with Gasteiger partial charge in [-0.1, -0.05) is 30.7 Å². The molecular weight excluding hydrogens is 272 g/mol. The predicted molar refractivity (Wildman–Crippen MR) is 85.4 cm³/mol. The van der Waals surface area contributed by atoms with Crippen molar-refractivity contribution < 1.29 is 9.53 Å². The van der Waals surface area contributed by atoms with Gasteiger partial charge in [0.1, 0.15) is 5.78 Å². The van der Waals surface area contributed by atoms with E-state index in [1.165, 1.54) is 16.7 Å². The lowest BCUT2D eigenvalue weighted by atomic mass is 9.59. The molecule has 2 heteroatoms. The summed E-state index contributed by atoms with van der Waals surface area (Å²) in [6, 6.07) is 0. The number of ether oxygens (including phenoxy) is 1. The molecule has 0 N–H and O–H groups in total. The van der Waals surface area contributed by atoms with E-state index in [0.29, 0.717) is 24.5 Å². The average Bonchev–Trinajstić information content (AvgIpc) is 2.95. The summed E-state index contributed by atoms with van der Waals surface area (Å²) in [6.07, 6.45) is 13.9. The maximum atomic E-state index is 12.1. The fourth-order valence-electron chi connectivity index (χ4n) is 6.00. The molecule has 0 aromatic carbocycles. The topological polar surface area (TPSA) is 26.3 Å². The molecule has 0 aromatic heterocycles. The van der Waals surface area contributed by atoms with Crippen LogP contribution in [0, 0.1) is 11.3 Å². The number of fused-ring (bicyclic) bond motifs is 1. The molecule has 0 radical (unpaired) electrons. The van der Waals surface area contributed by atoms with Gasteiger partial charge in [-0.05, 0) is 55.6 Å². The summed E-state index contributed by atoms with van der Waals surface area (Å²) in [5, 5.41) is 0. The van der Waals surface area contributed by atoms with Crippen LogP contribution < -0.4 is 0 Å². The van der Waals surface area contributed by atoms with Crippen LogP contribution in [0.4, 0.5) is 0 Å². The number of carbonyl (C=O) groups excluding carboxylic acids is 1. The molecule has 2 heterocycles. The molecule has 4 atom stereocenters. The van der Waals surface area contributed by atoms with Crippen molar-refractivity contribution in [3.8, 4) is 0 Å². The highest BCUT2D eigenvalue weighted by Crippen LogP contribution is 2.66. The standard InChI is InChI=1S/C20H24O2/c1-13-3-6-17-18(13,2)8-7-15-11-14-4-5-16(21)12-19(14)9-10-20(15,17)22-19/h3,7,11,17H,4-6,8-10,12H2,1-2H3/t17-,18-,19-,20-/m1/s1. The number of hydrogen-bond donors (Lipinski definition) is 0. The van der Waals surface area contributed by atoms with Crippen molar-refractivity contribution in [3.63, 3.8) is 0 Å². The molecule has 2 spiro atoms. The lowest BCUT2D eigenvalue weighted by Crippen LogP contribution is -2.53. The van der Waals surface area contributed by atoms with Gasteiger partial charge in [0.15, 0.2) is 0 Å². The highest BCUT2D eigenvalue weighted by atomic mass is 16.5. The zero-order valence-corrected chi connectivity index (χ0v) is 13.6. The number of ketones is 1. The maximum absolute atomic E-state index is 12.1. The largest absolute Gasteiger partial charge is 0.359 e. The van der Waals surface area contributed by atoms with Crippen LogP contribution in [-0.2, 0) is 9.53 Å². The van der Waals surface area contributed by atoms with Gasteiger partial charge in [-0.25, -0.2) is 0 Å². The summed E-state index contributed by atoms with van der Waals surface area (Å²) in [4.78, 5) is 12.1. The molecule has 5 aliphatic rings. The highest BCUT2D eigenvalue weighted by Gasteiger charge is 2.64. The SMILES string of the molecule is CC1=CC[C@@H]2[C@]1(C)CC=C1C=C3CCC(=O)C[C@]34CC[C@@]12O4. The molecule has 1 saturated heterocycles. The van der Waals surface area contributed by atoms with Crippen molar-refractivity contribution in [2.24, 2.45) is 11.3 Å². The van der Waals surface area contributed by atoms with Crippen LogP contribution in [0.3, 0.4) is 0 Å². The van der Waals surface area contributed by atoms with Gasteiger partial charge in [-0.3, -0.25) is 4.79 Å². The lowest BCUT2D eigenvalue weighted by molar-refractivity contribution is -0.144. The Labute approximate surface area is 132 Å². The molecule has 0 unspecified atom stereocenters. The van der Waals surface area contributed by atoms with Gasteiger partial charge in [-0.15, -0.1) is 0 Å². The van der Waals surface area contributed by atoms with Crippen molar-refractivity contribution in [2.45, 2.75) is 70.0 Å². The molecule has 1 saturated carbocycles. The van der Waals surface area contributed by atoms with Crippen molar-refractivity contribution in [1.82, 2.24) is 0 Å². The molecule has 0 aromatic rings. The van der Waals surface area contributed by atoms with Gasteiger partial charge in [0.25, 0.3) is 0 Å². The van der Waals surface area contributed by atoms with Crippen LogP contribution in [0.1, 0.15) is 58.8 Å². The van der Waals surface area contributed by atoms with Crippen molar-refractivity contribution in [3.05, 3.63) is 34.9 Å². The minimum absolute atomic E-state index is 0.123. The zero-order chi connectivity index (χ0) is 15.2. The molecule has 3 aliphatic carbocycles. The molecule has 2 bridgehead atoms. The van der Waals surface area contributed by atoms with E-state index in [2.05, 4.69) is 32.1 Å². The molecule has 22 heavy (non-hydrogen) atoms. The number of carbonyl (C=O) groups is 1. The minimum Gasteiger partial charge on any atom is -0.359 e. The molecule has 0 amide bonds. The van der Waals surface area contributed by atoms with Crippen molar-refractivity contribution >= 4 is 5.78 Å². The molecule has 2 nitrogen and oxygen atoms in total. The van der Waals surface area contributed by atoms with Gasteiger partial charge in [0.05, 0.1) is 11.2 Å².